The summed E-state index contributed by atoms with van der Waals surface area (Å²) in [5.41, 5.74) is 2.90. The van der Waals surface area contributed by atoms with Gasteiger partial charge in [0.05, 0.1) is 17.2 Å². The molecule has 4 rings (SSSR count). The van der Waals surface area contributed by atoms with Gasteiger partial charge in [0, 0.05) is 37.8 Å². The molecule has 1 saturated heterocycles. The highest BCUT2D eigenvalue weighted by molar-refractivity contribution is 7.89. The second-order valence-electron chi connectivity index (χ2n) is 9.38. The quantitative estimate of drug-likeness (QED) is 0.522. The SMILES string of the molecule is CCOc1ccc(-c2cc(N3CCN(S(=O)(=O)c4ccc(C(C)(C)C)cc4)CC3)ncn2)cc1. The van der Waals surface area contributed by atoms with Crippen LogP contribution in [0.15, 0.2) is 65.8 Å². The van der Waals surface area contributed by atoms with Gasteiger partial charge in [-0.05, 0) is 54.3 Å². The molecule has 34 heavy (non-hydrogen) atoms. The molecule has 0 spiro atoms. The molecular formula is C26H32N4O3S. The number of benzene rings is 2. The molecule has 8 heteroatoms. The van der Waals surface area contributed by atoms with E-state index in [0.29, 0.717) is 37.7 Å². The Morgan fingerprint density at radius 1 is 0.912 bits per heavy atom. The van der Waals surface area contributed by atoms with Crippen LogP contribution in [0, 0.1) is 0 Å². The van der Waals surface area contributed by atoms with Crippen LogP contribution in [-0.4, -0.2) is 55.5 Å². The van der Waals surface area contributed by atoms with Crippen molar-refractivity contribution in [1.29, 1.82) is 0 Å². The molecule has 1 aliphatic heterocycles. The van der Waals surface area contributed by atoms with E-state index in [1.165, 1.54) is 0 Å². The minimum absolute atomic E-state index is 0.0182. The highest BCUT2D eigenvalue weighted by Crippen LogP contribution is 2.27. The van der Waals surface area contributed by atoms with E-state index >= 15 is 0 Å². The second-order valence-corrected chi connectivity index (χ2v) is 11.3. The summed E-state index contributed by atoms with van der Waals surface area (Å²) in [6.45, 7) is 10.9. The molecule has 0 radical (unpaired) electrons. The average molecular weight is 481 g/mol. The molecule has 7 nitrogen and oxygen atoms in total. The predicted octanol–water partition coefficient (Wildman–Crippen LogP) is 4.35. The Labute approximate surface area is 202 Å². The molecule has 0 N–H and O–H groups in total. The first kappa shape index (κ1) is 24.2. The predicted molar refractivity (Wildman–Crippen MR) is 135 cm³/mol. The van der Waals surface area contributed by atoms with Gasteiger partial charge in [0.25, 0.3) is 0 Å². The van der Waals surface area contributed by atoms with Gasteiger partial charge in [-0.1, -0.05) is 32.9 Å². The number of aromatic nitrogens is 2. The van der Waals surface area contributed by atoms with E-state index in [2.05, 4.69) is 35.6 Å². The van der Waals surface area contributed by atoms with Crippen LogP contribution in [0.1, 0.15) is 33.3 Å². The van der Waals surface area contributed by atoms with Crippen LogP contribution in [-0.2, 0) is 15.4 Å². The molecule has 0 bridgehead atoms. The summed E-state index contributed by atoms with van der Waals surface area (Å²) in [7, 11) is -3.53. The lowest BCUT2D eigenvalue weighted by molar-refractivity contribution is 0.340. The van der Waals surface area contributed by atoms with Gasteiger partial charge < -0.3 is 9.64 Å². The van der Waals surface area contributed by atoms with Gasteiger partial charge in [-0.2, -0.15) is 4.31 Å². The minimum atomic E-state index is -3.53. The van der Waals surface area contributed by atoms with Gasteiger partial charge in [-0.3, -0.25) is 0 Å². The maximum absolute atomic E-state index is 13.2. The van der Waals surface area contributed by atoms with Crippen LogP contribution in [0.5, 0.6) is 5.75 Å². The lowest BCUT2D eigenvalue weighted by Crippen LogP contribution is -2.48. The van der Waals surface area contributed by atoms with Crippen LogP contribution in [0.4, 0.5) is 5.82 Å². The van der Waals surface area contributed by atoms with E-state index in [1.54, 1.807) is 22.8 Å². The Kier molecular flexibility index (Phi) is 6.91. The molecule has 0 amide bonds. The van der Waals surface area contributed by atoms with Crippen LogP contribution in [0.2, 0.25) is 0 Å². The van der Waals surface area contributed by atoms with Gasteiger partial charge in [0.15, 0.2) is 0 Å². The van der Waals surface area contributed by atoms with Crippen LogP contribution < -0.4 is 9.64 Å². The van der Waals surface area contributed by atoms with Crippen molar-refractivity contribution in [3.8, 4) is 17.0 Å². The minimum Gasteiger partial charge on any atom is -0.494 e. The van der Waals surface area contributed by atoms with E-state index < -0.39 is 10.0 Å². The molecule has 1 fully saturated rings. The van der Waals surface area contributed by atoms with Crippen molar-refractivity contribution in [3.05, 3.63) is 66.5 Å². The summed E-state index contributed by atoms with van der Waals surface area (Å²) in [6.07, 6.45) is 1.56. The molecule has 1 aliphatic rings. The van der Waals surface area contributed by atoms with E-state index in [-0.39, 0.29) is 5.41 Å². The monoisotopic (exact) mass is 480 g/mol. The van der Waals surface area contributed by atoms with Gasteiger partial charge in [-0.15, -0.1) is 0 Å². The Morgan fingerprint density at radius 3 is 2.15 bits per heavy atom. The molecular weight excluding hydrogens is 448 g/mol. The third-order valence-corrected chi connectivity index (χ3v) is 7.95. The summed E-state index contributed by atoms with van der Waals surface area (Å²) in [4.78, 5) is 11.3. The van der Waals surface area contributed by atoms with Crippen LogP contribution >= 0.6 is 0 Å². The fourth-order valence-corrected chi connectivity index (χ4v) is 5.42. The molecule has 2 heterocycles. The molecule has 3 aromatic rings. The van der Waals surface area contributed by atoms with Crippen LogP contribution in [0.3, 0.4) is 0 Å². The van der Waals surface area contributed by atoms with E-state index in [0.717, 1.165) is 28.4 Å². The maximum atomic E-state index is 13.2. The largest absolute Gasteiger partial charge is 0.494 e. The molecule has 1 aromatic heterocycles. The first-order chi connectivity index (χ1) is 16.2. The fraction of sp³-hybridized carbons (Fsp3) is 0.385. The second kappa shape index (κ2) is 9.72. The van der Waals surface area contributed by atoms with Crippen molar-refractivity contribution in [3.63, 3.8) is 0 Å². The van der Waals surface area contributed by atoms with Crippen molar-refractivity contribution in [1.82, 2.24) is 14.3 Å². The first-order valence-corrected chi connectivity index (χ1v) is 13.0. The van der Waals surface area contributed by atoms with Gasteiger partial charge in [-0.25, -0.2) is 18.4 Å². The zero-order valence-electron chi connectivity index (χ0n) is 20.2. The van der Waals surface area contributed by atoms with Gasteiger partial charge in [0.2, 0.25) is 10.0 Å². The number of rotatable bonds is 6. The third-order valence-electron chi connectivity index (χ3n) is 6.03. The topological polar surface area (TPSA) is 75.6 Å². The Morgan fingerprint density at radius 2 is 1.56 bits per heavy atom. The normalized spacial score (nSPS) is 15.4. The Bertz CT molecular complexity index is 1210. The number of ether oxygens (including phenoxy) is 1. The smallest absolute Gasteiger partial charge is 0.243 e. The number of nitrogens with zero attached hydrogens (tertiary/aromatic N) is 4. The summed E-state index contributed by atoms with van der Waals surface area (Å²) in [5.74, 6) is 1.62. The van der Waals surface area contributed by atoms with Gasteiger partial charge >= 0.3 is 0 Å². The number of sulfonamides is 1. The number of hydrogen-bond acceptors (Lipinski definition) is 6. The van der Waals surface area contributed by atoms with Crippen molar-refractivity contribution >= 4 is 15.8 Å². The molecule has 0 atom stereocenters. The summed E-state index contributed by atoms with van der Waals surface area (Å²) >= 11 is 0. The summed E-state index contributed by atoms with van der Waals surface area (Å²) in [6, 6.07) is 17.0. The highest BCUT2D eigenvalue weighted by atomic mass is 32.2. The zero-order chi connectivity index (χ0) is 24.3. The summed E-state index contributed by atoms with van der Waals surface area (Å²) in [5, 5.41) is 0. The molecule has 180 valence electrons. The summed E-state index contributed by atoms with van der Waals surface area (Å²) < 4.78 is 33.4. The van der Waals surface area contributed by atoms with Crippen molar-refractivity contribution < 1.29 is 13.2 Å². The number of piperazine rings is 1. The average Bonchev–Trinajstić information content (AvgIpc) is 2.84. The highest BCUT2D eigenvalue weighted by Gasteiger charge is 2.29. The fourth-order valence-electron chi connectivity index (χ4n) is 4.00. The van der Waals surface area contributed by atoms with E-state index in [4.69, 9.17) is 4.74 Å². The third kappa shape index (κ3) is 5.23. The lowest BCUT2D eigenvalue weighted by Gasteiger charge is -2.34. The van der Waals surface area contributed by atoms with Crippen molar-refractivity contribution in [2.24, 2.45) is 0 Å². The first-order valence-electron chi connectivity index (χ1n) is 11.6. The number of anilines is 1. The number of hydrogen-bond donors (Lipinski definition) is 0. The molecule has 0 saturated carbocycles. The molecule has 2 aromatic carbocycles. The van der Waals surface area contributed by atoms with Gasteiger partial charge in [0.1, 0.15) is 17.9 Å². The molecule has 0 unspecified atom stereocenters. The maximum Gasteiger partial charge on any atom is 0.243 e. The Hall–Kier alpha value is -2.97. The van der Waals surface area contributed by atoms with Crippen molar-refractivity contribution in [2.45, 2.75) is 38.0 Å². The van der Waals surface area contributed by atoms with E-state index in [9.17, 15) is 8.42 Å². The standard InChI is InChI=1S/C26H32N4O3S/c1-5-33-22-10-6-20(7-11-22)24-18-25(28-19-27-24)29-14-16-30(17-15-29)34(31,32)23-12-8-21(9-13-23)26(2,3)4/h6-13,18-19H,5,14-17H2,1-4H3. The molecule has 0 aliphatic carbocycles. The van der Waals surface area contributed by atoms with E-state index in [1.807, 2.05) is 49.4 Å². The van der Waals surface area contributed by atoms with Crippen LogP contribution in [0.25, 0.3) is 11.3 Å². The van der Waals surface area contributed by atoms with Crippen molar-refractivity contribution in [2.75, 3.05) is 37.7 Å². The zero-order valence-corrected chi connectivity index (χ0v) is 21.0. The lowest BCUT2D eigenvalue weighted by atomic mass is 9.87. The Balaban J connectivity index is 1.44.